The number of carbonyl (C=O) groups is 7. The standard InChI is InChI=1S/C37H67N5O14/c38-29(36(49)50)13-11-12-18-39-33(45)27-55-25-24-54-22-20-41-34(46)28-56-26-23-53-21-19-40-31(43)17-16-30(37(51)52)42-32(44)14-9-7-5-3-1-2-4-6-8-10-15-35(47)48/h29-30H,1-28,38H2,(H,39,45)(H,40,43)(H,41,46)(H,42,44)(H,47,48)(H,49,50)(H,51,52)/t29-,30-/m0/s1. The van der Waals surface area contributed by atoms with Crippen LogP contribution in [-0.2, 0) is 52.5 Å². The lowest BCUT2D eigenvalue weighted by molar-refractivity contribution is -0.142. The molecule has 4 amide bonds. The number of amides is 4. The van der Waals surface area contributed by atoms with Gasteiger partial charge in [0.1, 0.15) is 25.3 Å². The lowest BCUT2D eigenvalue weighted by Crippen LogP contribution is -2.41. The molecule has 9 N–H and O–H groups in total. The number of aliphatic carboxylic acids is 3. The van der Waals surface area contributed by atoms with Crippen LogP contribution in [0.25, 0.3) is 0 Å². The van der Waals surface area contributed by atoms with Crippen molar-refractivity contribution in [2.75, 3.05) is 72.5 Å². The quantitative estimate of drug-likeness (QED) is 0.0403. The Morgan fingerprint density at radius 3 is 1.41 bits per heavy atom. The monoisotopic (exact) mass is 805 g/mol. The molecule has 324 valence electrons. The predicted octanol–water partition coefficient (Wildman–Crippen LogP) is 1.10. The van der Waals surface area contributed by atoms with E-state index in [0.717, 1.165) is 57.8 Å². The zero-order valence-corrected chi connectivity index (χ0v) is 32.9. The number of nitrogens with one attached hydrogen (secondary N) is 4. The van der Waals surface area contributed by atoms with Crippen LogP contribution in [0.1, 0.15) is 109 Å². The molecule has 0 fully saturated rings. The van der Waals surface area contributed by atoms with E-state index >= 15 is 0 Å². The third-order valence-corrected chi connectivity index (χ3v) is 8.27. The molecule has 0 radical (unpaired) electrons. The highest BCUT2D eigenvalue weighted by Gasteiger charge is 2.21. The van der Waals surface area contributed by atoms with Gasteiger partial charge in [0.2, 0.25) is 23.6 Å². The first-order valence-corrected chi connectivity index (χ1v) is 19.8. The molecule has 0 aliphatic carbocycles. The average Bonchev–Trinajstić information content (AvgIpc) is 3.15. The first-order valence-electron chi connectivity index (χ1n) is 19.8. The number of carbonyl (C=O) groups excluding carboxylic acids is 4. The van der Waals surface area contributed by atoms with Gasteiger partial charge in [0, 0.05) is 38.9 Å². The lowest BCUT2D eigenvalue weighted by Gasteiger charge is -2.14. The summed E-state index contributed by atoms with van der Waals surface area (Å²) < 4.78 is 21.2. The van der Waals surface area contributed by atoms with Crippen molar-refractivity contribution in [2.45, 2.75) is 121 Å². The zero-order valence-electron chi connectivity index (χ0n) is 32.9. The highest BCUT2D eigenvalue weighted by atomic mass is 16.5. The molecule has 56 heavy (non-hydrogen) atoms. The summed E-state index contributed by atoms with van der Waals surface area (Å²) in [5.41, 5.74) is 5.41. The largest absolute Gasteiger partial charge is 0.481 e. The molecule has 0 saturated carbocycles. The maximum atomic E-state index is 12.2. The van der Waals surface area contributed by atoms with Crippen molar-refractivity contribution in [3.63, 3.8) is 0 Å². The highest BCUT2D eigenvalue weighted by molar-refractivity contribution is 5.84. The van der Waals surface area contributed by atoms with E-state index in [0.29, 0.717) is 32.2 Å². The average molecular weight is 806 g/mol. The van der Waals surface area contributed by atoms with Crippen molar-refractivity contribution in [2.24, 2.45) is 5.73 Å². The minimum Gasteiger partial charge on any atom is -0.481 e. The van der Waals surface area contributed by atoms with Crippen molar-refractivity contribution < 1.29 is 67.8 Å². The second kappa shape index (κ2) is 36.7. The number of unbranched alkanes of at least 4 members (excludes halogenated alkanes) is 10. The van der Waals surface area contributed by atoms with Crippen LogP contribution in [-0.4, -0.2) is 141 Å². The molecular formula is C37H67N5O14. The van der Waals surface area contributed by atoms with Gasteiger partial charge in [0.15, 0.2) is 0 Å². The van der Waals surface area contributed by atoms with Gasteiger partial charge in [-0.25, -0.2) is 4.79 Å². The second-order valence-electron chi connectivity index (χ2n) is 13.2. The van der Waals surface area contributed by atoms with E-state index in [2.05, 4.69) is 21.3 Å². The minimum absolute atomic E-state index is 0.0422. The topological polar surface area (TPSA) is 291 Å². The summed E-state index contributed by atoms with van der Waals surface area (Å²) in [4.78, 5) is 80.7. The molecule has 0 unspecified atom stereocenters. The van der Waals surface area contributed by atoms with Gasteiger partial charge in [-0.3, -0.25) is 28.8 Å². The molecule has 0 rings (SSSR count). The first-order chi connectivity index (χ1) is 26.9. The number of carboxylic acid groups (broad SMARTS) is 3. The molecule has 0 aromatic rings. The number of hydrogen-bond donors (Lipinski definition) is 8. The first kappa shape index (κ1) is 52.1. The third-order valence-electron chi connectivity index (χ3n) is 8.27. The number of nitrogens with two attached hydrogens (primary N) is 1. The fourth-order valence-corrected chi connectivity index (χ4v) is 5.10. The summed E-state index contributed by atoms with van der Waals surface area (Å²) in [5.74, 6) is -4.34. The molecule has 19 heteroatoms. The van der Waals surface area contributed by atoms with E-state index in [1.54, 1.807) is 0 Å². The van der Waals surface area contributed by atoms with Crippen molar-refractivity contribution in [1.82, 2.24) is 21.3 Å². The van der Waals surface area contributed by atoms with Gasteiger partial charge in [0.25, 0.3) is 0 Å². The smallest absolute Gasteiger partial charge is 0.326 e. The van der Waals surface area contributed by atoms with Crippen molar-refractivity contribution >= 4 is 41.5 Å². The van der Waals surface area contributed by atoms with E-state index in [1.807, 2.05) is 0 Å². The Morgan fingerprint density at radius 1 is 0.446 bits per heavy atom. The summed E-state index contributed by atoms with van der Waals surface area (Å²) >= 11 is 0. The van der Waals surface area contributed by atoms with Crippen LogP contribution in [0.5, 0.6) is 0 Å². The minimum atomic E-state index is -1.20. The maximum absolute atomic E-state index is 12.2. The number of carboxylic acids is 3. The van der Waals surface area contributed by atoms with Gasteiger partial charge in [-0.05, 0) is 38.5 Å². The fraction of sp³-hybridized carbons (Fsp3) is 0.811. The Balaban J connectivity index is 3.66. The van der Waals surface area contributed by atoms with E-state index in [-0.39, 0.29) is 115 Å². The van der Waals surface area contributed by atoms with Gasteiger partial charge in [0.05, 0.1) is 39.6 Å². The molecule has 0 aromatic heterocycles. The van der Waals surface area contributed by atoms with Crippen molar-refractivity contribution in [3.05, 3.63) is 0 Å². The number of hydrogen-bond acceptors (Lipinski definition) is 12. The van der Waals surface area contributed by atoms with E-state index < -0.39 is 30.0 Å². The summed E-state index contributed by atoms with van der Waals surface area (Å²) in [7, 11) is 0. The predicted molar refractivity (Wildman–Crippen MR) is 204 cm³/mol. The molecular weight excluding hydrogens is 738 g/mol. The molecule has 0 bridgehead atoms. The molecule has 0 saturated heterocycles. The molecule has 0 heterocycles. The normalized spacial score (nSPS) is 12.0. The summed E-state index contributed by atoms with van der Waals surface area (Å²) in [5, 5.41) is 37.3. The van der Waals surface area contributed by atoms with E-state index in [1.165, 1.54) is 0 Å². The Hall–Kier alpha value is -3.91. The van der Waals surface area contributed by atoms with Crippen LogP contribution >= 0.6 is 0 Å². The van der Waals surface area contributed by atoms with Gasteiger partial charge in [-0.15, -0.1) is 0 Å². The van der Waals surface area contributed by atoms with E-state index in [9.17, 15) is 38.7 Å². The molecule has 0 aliphatic rings. The summed E-state index contributed by atoms with van der Waals surface area (Å²) in [6.07, 6.45) is 11.5. The van der Waals surface area contributed by atoms with E-state index in [4.69, 9.17) is 34.9 Å². The number of ether oxygens (including phenoxy) is 4. The van der Waals surface area contributed by atoms with Crippen LogP contribution in [0.3, 0.4) is 0 Å². The van der Waals surface area contributed by atoms with Gasteiger partial charge >= 0.3 is 17.9 Å². The molecule has 19 nitrogen and oxygen atoms in total. The SMILES string of the molecule is N[C@@H](CCCCNC(=O)COCCOCCNC(=O)COCCOCCNC(=O)CC[C@H](NC(=O)CCCCCCCCCCCCC(=O)O)C(=O)O)C(=O)O. The Bertz CT molecular complexity index is 1110. The zero-order chi connectivity index (χ0) is 41.7. The van der Waals surface area contributed by atoms with Gasteiger partial charge in [-0.2, -0.15) is 0 Å². The van der Waals surface area contributed by atoms with Gasteiger partial charge < -0.3 is 61.3 Å². The van der Waals surface area contributed by atoms with Crippen LogP contribution in [0.4, 0.5) is 0 Å². The fourth-order valence-electron chi connectivity index (χ4n) is 5.10. The van der Waals surface area contributed by atoms with Crippen LogP contribution < -0.4 is 27.0 Å². The number of rotatable bonds is 40. The Morgan fingerprint density at radius 2 is 0.911 bits per heavy atom. The Kier molecular flexibility index (Phi) is 34.1. The van der Waals surface area contributed by atoms with Crippen molar-refractivity contribution in [3.8, 4) is 0 Å². The molecule has 0 aromatic carbocycles. The maximum Gasteiger partial charge on any atom is 0.326 e. The lowest BCUT2D eigenvalue weighted by atomic mass is 10.0. The molecule has 2 atom stereocenters. The summed E-state index contributed by atoms with van der Waals surface area (Å²) in [6, 6.07) is -2.05. The highest BCUT2D eigenvalue weighted by Crippen LogP contribution is 2.12. The van der Waals surface area contributed by atoms with Crippen LogP contribution in [0.2, 0.25) is 0 Å². The summed E-state index contributed by atoms with van der Waals surface area (Å²) in [6.45, 7) is 1.75. The van der Waals surface area contributed by atoms with Crippen LogP contribution in [0, 0.1) is 0 Å². The van der Waals surface area contributed by atoms with Crippen molar-refractivity contribution in [1.29, 1.82) is 0 Å². The molecule has 0 aliphatic heterocycles. The molecule has 0 spiro atoms. The Labute approximate surface area is 329 Å². The van der Waals surface area contributed by atoms with Crippen LogP contribution in [0.15, 0.2) is 0 Å². The van der Waals surface area contributed by atoms with Gasteiger partial charge in [-0.1, -0.05) is 51.4 Å². The second-order valence-corrected chi connectivity index (χ2v) is 13.2. The third kappa shape index (κ3) is 35.8.